The minimum atomic E-state index is -0.797. The van der Waals surface area contributed by atoms with E-state index in [1.165, 1.54) is 0 Å². The summed E-state index contributed by atoms with van der Waals surface area (Å²) < 4.78 is 5.51. The second-order valence-corrected chi connectivity index (χ2v) is 7.78. The number of hydrogen-bond donors (Lipinski definition) is 1. The van der Waals surface area contributed by atoms with Crippen molar-refractivity contribution in [2.45, 2.75) is 46.6 Å². The van der Waals surface area contributed by atoms with Gasteiger partial charge in [0.2, 0.25) is 5.91 Å². The van der Waals surface area contributed by atoms with E-state index in [1.807, 2.05) is 13.8 Å². The molecule has 1 heterocycles. The number of imide groups is 1. The number of hydrogen-bond acceptors (Lipinski definition) is 4. The summed E-state index contributed by atoms with van der Waals surface area (Å²) in [7, 11) is 0. The van der Waals surface area contributed by atoms with Gasteiger partial charge >= 0.3 is 0 Å². The standard InChI is InChI=1S/C21H30N2O4/c1-14(2)12-18(19(24)22-10-7-11-27-13-15(3)4)23-20(25)16-8-5-6-9-17(16)21(23)26/h5-6,8-9,14-15,18H,7,10-13H2,1-4H3,(H,22,24). The summed E-state index contributed by atoms with van der Waals surface area (Å²) in [6.45, 7) is 9.82. The molecule has 27 heavy (non-hydrogen) atoms. The first kappa shape index (κ1) is 21.1. The molecular formula is C21H30N2O4. The van der Waals surface area contributed by atoms with Gasteiger partial charge in [-0.3, -0.25) is 19.3 Å². The van der Waals surface area contributed by atoms with Crippen LogP contribution in [0.4, 0.5) is 0 Å². The zero-order valence-electron chi connectivity index (χ0n) is 16.7. The number of rotatable bonds is 10. The Bertz CT molecular complexity index is 650. The number of benzene rings is 1. The van der Waals surface area contributed by atoms with E-state index in [2.05, 4.69) is 19.2 Å². The molecule has 1 aliphatic rings. The molecule has 0 radical (unpaired) electrons. The van der Waals surface area contributed by atoms with Gasteiger partial charge in [-0.05, 0) is 36.8 Å². The van der Waals surface area contributed by atoms with Crippen LogP contribution < -0.4 is 5.32 Å². The van der Waals surface area contributed by atoms with E-state index in [0.717, 1.165) is 4.90 Å². The van der Waals surface area contributed by atoms with Crippen molar-refractivity contribution in [3.05, 3.63) is 35.4 Å². The molecule has 1 N–H and O–H groups in total. The third-order valence-corrected chi connectivity index (χ3v) is 4.35. The number of fused-ring (bicyclic) bond motifs is 1. The molecule has 1 atom stereocenters. The number of carbonyl (C=O) groups is 3. The van der Waals surface area contributed by atoms with Gasteiger partial charge in [-0.1, -0.05) is 39.8 Å². The van der Waals surface area contributed by atoms with Crippen molar-refractivity contribution in [3.8, 4) is 0 Å². The first-order valence-corrected chi connectivity index (χ1v) is 9.65. The minimum Gasteiger partial charge on any atom is -0.381 e. The fourth-order valence-electron chi connectivity index (χ4n) is 3.09. The van der Waals surface area contributed by atoms with Gasteiger partial charge in [0.05, 0.1) is 11.1 Å². The van der Waals surface area contributed by atoms with Gasteiger partial charge in [0.15, 0.2) is 0 Å². The fraction of sp³-hybridized carbons (Fsp3) is 0.571. The van der Waals surface area contributed by atoms with E-state index in [4.69, 9.17) is 4.74 Å². The maximum atomic E-state index is 12.8. The second kappa shape index (κ2) is 9.65. The van der Waals surface area contributed by atoms with Crippen molar-refractivity contribution in [2.75, 3.05) is 19.8 Å². The van der Waals surface area contributed by atoms with Crippen molar-refractivity contribution in [2.24, 2.45) is 11.8 Å². The summed E-state index contributed by atoms with van der Waals surface area (Å²) in [6, 6.07) is 5.91. The van der Waals surface area contributed by atoms with Crippen molar-refractivity contribution in [1.29, 1.82) is 0 Å². The third kappa shape index (κ3) is 5.39. The highest BCUT2D eigenvalue weighted by Gasteiger charge is 2.42. The van der Waals surface area contributed by atoms with Crippen molar-refractivity contribution < 1.29 is 19.1 Å². The molecule has 1 unspecified atom stereocenters. The van der Waals surface area contributed by atoms with E-state index in [1.54, 1.807) is 24.3 Å². The molecule has 0 fully saturated rings. The number of nitrogens with zero attached hydrogens (tertiary/aromatic N) is 1. The minimum absolute atomic E-state index is 0.166. The van der Waals surface area contributed by atoms with Crippen LogP contribution in [-0.4, -0.2) is 48.4 Å². The highest BCUT2D eigenvalue weighted by Crippen LogP contribution is 2.26. The molecule has 1 aliphatic heterocycles. The zero-order chi connectivity index (χ0) is 20.0. The highest BCUT2D eigenvalue weighted by atomic mass is 16.5. The Labute approximate surface area is 161 Å². The fourth-order valence-corrected chi connectivity index (χ4v) is 3.09. The second-order valence-electron chi connectivity index (χ2n) is 7.78. The van der Waals surface area contributed by atoms with Gasteiger partial charge in [-0.15, -0.1) is 0 Å². The molecule has 2 rings (SSSR count). The number of nitrogens with one attached hydrogen (secondary N) is 1. The molecular weight excluding hydrogens is 344 g/mol. The third-order valence-electron chi connectivity index (χ3n) is 4.35. The highest BCUT2D eigenvalue weighted by molar-refractivity contribution is 6.22. The molecule has 1 aromatic carbocycles. The first-order chi connectivity index (χ1) is 12.8. The Hall–Kier alpha value is -2.21. The average Bonchev–Trinajstić information content (AvgIpc) is 2.87. The van der Waals surface area contributed by atoms with E-state index < -0.39 is 17.9 Å². The predicted molar refractivity (Wildman–Crippen MR) is 103 cm³/mol. The maximum absolute atomic E-state index is 12.8. The topological polar surface area (TPSA) is 75.7 Å². The van der Waals surface area contributed by atoms with E-state index in [0.29, 0.717) is 49.6 Å². The summed E-state index contributed by atoms with van der Waals surface area (Å²) in [5.74, 6) is -0.432. The van der Waals surface area contributed by atoms with Crippen LogP contribution in [0, 0.1) is 11.8 Å². The number of ether oxygens (including phenoxy) is 1. The lowest BCUT2D eigenvalue weighted by atomic mass is 10.0. The van der Waals surface area contributed by atoms with Crippen LogP contribution in [0.25, 0.3) is 0 Å². The molecule has 1 aromatic rings. The first-order valence-electron chi connectivity index (χ1n) is 9.65. The Balaban J connectivity index is 2.00. The quantitative estimate of drug-likeness (QED) is 0.505. The molecule has 0 spiro atoms. The number of amides is 3. The van der Waals surface area contributed by atoms with Crippen LogP contribution in [0.5, 0.6) is 0 Å². The molecule has 6 heteroatoms. The summed E-state index contributed by atoms with van der Waals surface area (Å²) in [5.41, 5.74) is 0.734. The summed E-state index contributed by atoms with van der Waals surface area (Å²) in [4.78, 5) is 39.3. The average molecular weight is 374 g/mol. The SMILES string of the molecule is CC(C)COCCCNC(=O)C(CC(C)C)N1C(=O)c2ccccc2C1=O. The Kier molecular flexibility index (Phi) is 7.54. The van der Waals surface area contributed by atoms with Gasteiger partial charge in [0, 0.05) is 19.8 Å². The normalized spacial score (nSPS) is 14.8. The van der Waals surface area contributed by atoms with Gasteiger partial charge < -0.3 is 10.1 Å². The van der Waals surface area contributed by atoms with Crippen LogP contribution >= 0.6 is 0 Å². The van der Waals surface area contributed by atoms with Gasteiger partial charge in [-0.2, -0.15) is 0 Å². The summed E-state index contributed by atoms with van der Waals surface area (Å²) >= 11 is 0. The largest absolute Gasteiger partial charge is 0.381 e. The molecule has 0 saturated carbocycles. The van der Waals surface area contributed by atoms with E-state index >= 15 is 0 Å². The predicted octanol–water partition coefficient (Wildman–Crippen LogP) is 2.88. The Morgan fingerprint density at radius 1 is 1.04 bits per heavy atom. The van der Waals surface area contributed by atoms with Crippen LogP contribution in [0.1, 0.15) is 61.3 Å². The Morgan fingerprint density at radius 2 is 1.63 bits per heavy atom. The molecule has 0 aliphatic carbocycles. The van der Waals surface area contributed by atoms with E-state index in [-0.39, 0.29) is 11.8 Å². The number of carbonyl (C=O) groups excluding carboxylic acids is 3. The van der Waals surface area contributed by atoms with Crippen LogP contribution in [-0.2, 0) is 9.53 Å². The van der Waals surface area contributed by atoms with E-state index in [9.17, 15) is 14.4 Å². The van der Waals surface area contributed by atoms with Crippen molar-refractivity contribution in [1.82, 2.24) is 10.2 Å². The van der Waals surface area contributed by atoms with Gasteiger partial charge in [0.25, 0.3) is 11.8 Å². The maximum Gasteiger partial charge on any atom is 0.262 e. The Morgan fingerprint density at radius 3 is 2.15 bits per heavy atom. The zero-order valence-corrected chi connectivity index (χ0v) is 16.7. The lowest BCUT2D eigenvalue weighted by Crippen LogP contribution is -2.50. The lowest BCUT2D eigenvalue weighted by Gasteiger charge is -2.26. The van der Waals surface area contributed by atoms with Crippen molar-refractivity contribution >= 4 is 17.7 Å². The molecule has 0 bridgehead atoms. The lowest BCUT2D eigenvalue weighted by molar-refractivity contribution is -0.125. The smallest absolute Gasteiger partial charge is 0.262 e. The molecule has 148 valence electrons. The van der Waals surface area contributed by atoms with Gasteiger partial charge in [0.1, 0.15) is 6.04 Å². The van der Waals surface area contributed by atoms with Crippen LogP contribution in [0.15, 0.2) is 24.3 Å². The van der Waals surface area contributed by atoms with Gasteiger partial charge in [-0.25, -0.2) is 0 Å². The molecule has 3 amide bonds. The molecule has 6 nitrogen and oxygen atoms in total. The summed E-state index contributed by atoms with van der Waals surface area (Å²) in [5, 5.41) is 2.86. The van der Waals surface area contributed by atoms with Crippen LogP contribution in [0.2, 0.25) is 0 Å². The molecule has 0 saturated heterocycles. The summed E-state index contributed by atoms with van der Waals surface area (Å²) in [6.07, 6.45) is 1.12. The van der Waals surface area contributed by atoms with Crippen LogP contribution in [0.3, 0.4) is 0 Å². The molecule has 0 aromatic heterocycles. The van der Waals surface area contributed by atoms with Crippen molar-refractivity contribution in [3.63, 3.8) is 0 Å². The monoisotopic (exact) mass is 374 g/mol.